The Hall–Kier alpha value is -1.34. The van der Waals surface area contributed by atoms with Gasteiger partial charge in [-0.15, -0.1) is 11.8 Å². The zero-order valence-corrected chi connectivity index (χ0v) is 17.4. The number of hydrogen-bond donors (Lipinski definition) is 2. The monoisotopic (exact) mass is 405 g/mol. The van der Waals surface area contributed by atoms with E-state index < -0.39 is 10.1 Å². The predicted molar refractivity (Wildman–Crippen MR) is 111 cm³/mol. The second kappa shape index (κ2) is 8.78. The van der Waals surface area contributed by atoms with Crippen LogP contribution in [-0.2, 0) is 10.1 Å². The largest absolute Gasteiger partial charge is 0.302 e. The van der Waals surface area contributed by atoms with Crippen molar-refractivity contribution in [3.63, 3.8) is 0 Å². The van der Waals surface area contributed by atoms with Gasteiger partial charge in [-0.05, 0) is 36.1 Å². The van der Waals surface area contributed by atoms with Gasteiger partial charge in [-0.25, -0.2) is 0 Å². The molecule has 0 amide bonds. The van der Waals surface area contributed by atoms with E-state index in [1.807, 2.05) is 24.3 Å². The van der Waals surface area contributed by atoms with E-state index in [-0.39, 0.29) is 10.9 Å². The maximum absolute atomic E-state index is 11.7. The summed E-state index contributed by atoms with van der Waals surface area (Å²) in [6.07, 6.45) is 4.35. The summed E-state index contributed by atoms with van der Waals surface area (Å²) in [5.41, 5.74) is 2.23. The van der Waals surface area contributed by atoms with Crippen LogP contribution in [0.2, 0.25) is 0 Å². The van der Waals surface area contributed by atoms with Crippen LogP contribution >= 0.6 is 11.8 Å². The highest BCUT2D eigenvalue weighted by Crippen LogP contribution is 2.41. The lowest BCUT2D eigenvalue weighted by Crippen LogP contribution is -2.38. The molecule has 0 saturated heterocycles. The first kappa shape index (κ1) is 20.4. The first-order valence-corrected chi connectivity index (χ1v) is 11.8. The van der Waals surface area contributed by atoms with Gasteiger partial charge in [0.15, 0.2) is 0 Å². The standard InChI is InChI=1S/C21H27NO3S2/c1-3-5-11-19-18(4-2)22-21(15-9-7-6-8-10-15)17-13-12-16(27(23,24)25)14-20(17)26-19/h6-10,12-14,18-19,21-22H,3-5,11H2,1-2H3,(H,23,24,25). The Morgan fingerprint density at radius 3 is 2.48 bits per heavy atom. The molecular weight excluding hydrogens is 378 g/mol. The van der Waals surface area contributed by atoms with Crippen molar-refractivity contribution in [1.82, 2.24) is 5.32 Å². The van der Waals surface area contributed by atoms with E-state index in [9.17, 15) is 13.0 Å². The molecule has 6 heteroatoms. The van der Waals surface area contributed by atoms with Crippen LogP contribution in [0, 0.1) is 0 Å². The third-order valence-corrected chi connectivity index (χ3v) is 7.44. The van der Waals surface area contributed by atoms with Crippen LogP contribution in [0.5, 0.6) is 0 Å². The van der Waals surface area contributed by atoms with Crippen LogP contribution in [0.15, 0.2) is 58.3 Å². The molecular formula is C21H27NO3S2. The molecule has 1 aliphatic rings. The number of benzene rings is 2. The van der Waals surface area contributed by atoms with Crippen LogP contribution in [-0.4, -0.2) is 24.3 Å². The van der Waals surface area contributed by atoms with Gasteiger partial charge in [0, 0.05) is 16.2 Å². The van der Waals surface area contributed by atoms with Gasteiger partial charge in [0.25, 0.3) is 10.1 Å². The van der Waals surface area contributed by atoms with Gasteiger partial charge in [0.05, 0.1) is 10.9 Å². The summed E-state index contributed by atoms with van der Waals surface area (Å²) in [7, 11) is -4.22. The maximum atomic E-state index is 11.7. The number of unbranched alkanes of at least 4 members (excludes halogenated alkanes) is 1. The second-order valence-corrected chi connectivity index (χ2v) is 9.70. The van der Waals surface area contributed by atoms with Crippen LogP contribution in [0.1, 0.15) is 56.7 Å². The minimum Gasteiger partial charge on any atom is -0.302 e. The average molecular weight is 406 g/mol. The topological polar surface area (TPSA) is 66.4 Å². The van der Waals surface area contributed by atoms with Crippen LogP contribution in [0.4, 0.5) is 0 Å². The van der Waals surface area contributed by atoms with Gasteiger partial charge in [-0.1, -0.05) is 63.1 Å². The Labute approximate surface area is 166 Å². The Morgan fingerprint density at radius 2 is 1.85 bits per heavy atom. The van der Waals surface area contributed by atoms with Crippen molar-refractivity contribution in [2.45, 2.75) is 66.7 Å². The Kier molecular flexibility index (Phi) is 6.63. The average Bonchev–Trinajstić information content (AvgIpc) is 2.82. The van der Waals surface area contributed by atoms with E-state index in [0.29, 0.717) is 11.3 Å². The lowest BCUT2D eigenvalue weighted by Gasteiger charge is -2.27. The lowest BCUT2D eigenvalue weighted by atomic mass is 9.96. The molecule has 0 bridgehead atoms. The van der Waals surface area contributed by atoms with E-state index >= 15 is 0 Å². The van der Waals surface area contributed by atoms with Crippen molar-refractivity contribution in [3.8, 4) is 0 Å². The van der Waals surface area contributed by atoms with Gasteiger partial charge < -0.3 is 5.32 Å². The van der Waals surface area contributed by atoms with Gasteiger partial charge >= 0.3 is 0 Å². The molecule has 2 aromatic rings. The molecule has 3 atom stereocenters. The fourth-order valence-electron chi connectivity index (χ4n) is 3.64. The van der Waals surface area contributed by atoms with Gasteiger partial charge in [0.2, 0.25) is 0 Å². The van der Waals surface area contributed by atoms with E-state index in [1.165, 1.54) is 6.07 Å². The first-order chi connectivity index (χ1) is 12.9. The summed E-state index contributed by atoms with van der Waals surface area (Å²) in [6, 6.07) is 15.5. The summed E-state index contributed by atoms with van der Waals surface area (Å²) in [4.78, 5) is 0.897. The normalized spacial score (nSPS) is 22.9. The van der Waals surface area contributed by atoms with E-state index in [2.05, 4.69) is 31.3 Å². The predicted octanol–water partition coefficient (Wildman–Crippen LogP) is 5.06. The molecule has 0 fully saturated rings. The van der Waals surface area contributed by atoms with E-state index in [0.717, 1.165) is 41.7 Å². The summed E-state index contributed by atoms with van der Waals surface area (Å²) in [5, 5.41) is 4.18. The highest BCUT2D eigenvalue weighted by Gasteiger charge is 2.31. The summed E-state index contributed by atoms with van der Waals surface area (Å²) in [5.74, 6) is 0. The first-order valence-electron chi connectivity index (χ1n) is 9.53. The molecule has 3 unspecified atom stereocenters. The number of rotatable bonds is 6. The van der Waals surface area contributed by atoms with Crippen molar-refractivity contribution < 1.29 is 13.0 Å². The van der Waals surface area contributed by atoms with Crippen molar-refractivity contribution in [3.05, 3.63) is 59.7 Å². The molecule has 4 nitrogen and oxygen atoms in total. The van der Waals surface area contributed by atoms with E-state index in [4.69, 9.17) is 0 Å². The number of fused-ring (bicyclic) bond motifs is 1. The third-order valence-electron chi connectivity index (χ3n) is 5.12. The van der Waals surface area contributed by atoms with Crippen molar-refractivity contribution in [1.29, 1.82) is 0 Å². The molecule has 146 valence electrons. The Balaban J connectivity index is 2.09. The van der Waals surface area contributed by atoms with Crippen molar-refractivity contribution in [2.75, 3.05) is 0 Å². The minimum atomic E-state index is -4.22. The second-order valence-electron chi connectivity index (χ2n) is 7.00. The van der Waals surface area contributed by atoms with Crippen LogP contribution in [0.3, 0.4) is 0 Å². The van der Waals surface area contributed by atoms with Gasteiger partial charge in [-0.2, -0.15) is 8.42 Å². The fraction of sp³-hybridized carbons (Fsp3) is 0.429. The number of thioether (sulfide) groups is 1. The summed E-state index contributed by atoms with van der Waals surface area (Å²) >= 11 is 1.74. The molecule has 1 aliphatic heterocycles. The summed E-state index contributed by atoms with van der Waals surface area (Å²) in [6.45, 7) is 4.38. The van der Waals surface area contributed by atoms with E-state index in [1.54, 1.807) is 17.8 Å². The quantitative estimate of drug-likeness (QED) is 0.658. The zero-order valence-electron chi connectivity index (χ0n) is 15.8. The number of hydrogen-bond acceptors (Lipinski definition) is 4. The molecule has 0 spiro atoms. The van der Waals surface area contributed by atoms with Gasteiger partial charge in [0.1, 0.15) is 0 Å². The molecule has 0 radical (unpaired) electrons. The highest BCUT2D eigenvalue weighted by molar-refractivity contribution is 8.00. The molecule has 2 N–H and O–H groups in total. The molecule has 3 rings (SSSR count). The summed E-state index contributed by atoms with van der Waals surface area (Å²) < 4.78 is 32.8. The minimum absolute atomic E-state index is 0.000670. The lowest BCUT2D eigenvalue weighted by molar-refractivity contribution is 0.432. The SMILES string of the molecule is CCCCC1Sc2cc(S(=O)(=O)O)ccc2C(c2ccccc2)NC1CC. The Morgan fingerprint density at radius 1 is 1.11 bits per heavy atom. The highest BCUT2D eigenvalue weighted by atomic mass is 32.2. The van der Waals surface area contributed by atoms with Gasteiger partial charge in [-0.3, -0.25) is 4.55 Å². The smallest absolute Gasteiger partial charge is 0.294 e. The molecule has 0 saturated carbocycles. The molecule has 0 aromatic heterocycles. The molecule has 0 aliphatic carbocycles. The van der Waals surface area contributed by atoms with Crippen molar-refractivity contribution in [2.24, 2.45) is 0 Å². The molecule has 27 heavy (non-hydrogen) atoms. The third kappa shape index (κ3) is 4.74. The number of nitrogens with one attached hydrogen (secondary N) is 1. The van der Waals surface area contributed by atoms with Crippen LogP contribution < -0.4 is 5.32 Å². The maximum Gasteiger partial charge on any atom is 0.294 e. The fourth-order valence-corrected chi connectivity index (χ4v) is 5.78. The van der Waals surface area contributed by atoms with Crippen molar-refractivity contribution >= 4 is 21.9 Å². The molecule has 1 heterocycles. The Bertz CT molecular complexity index is 868. The molecule has 2 aromatic carbocycles. The van der Waals surface area contributed by atoms with Crippen LogP contribution in [0.25, 0.3) is 0 Å². The zero-order chi connectivity index (χ0) is 19.4.